The van der Waals surface area contributed by atoms with E-state index in [0.717, 1.165) is 42.6 Å². The molecule has 218 valence electrons. The molecule has 4 atom stereocenters. The van der Waals surface area contributed by atoms with E-state index in [1.54, 1.807) is 0 Å². The number of pyridine rings is 1. The van der Waals surface area contributed by atoms with Crippen molar-refractivity contribution in [3.05, 3.63) is 88.5 Å². The molecule has 8 nitrogen and oxygen atoms in total. The zero-order valence-corrected chi connectivity index (χ0v) is 22.9. The summed E-state index contributed by atoms with van der Waals surface area (Å²) in [7, 11) is -4.15. The van der Waals surface area contributed by atoms with E-state index in [-0.39, 0.29) is 39.7 Å². The number of fused-ring (bicyclic) bond motifs is 2. The summed E-state index contributed by atoms with van der Waals surface area (Å²) in [5, 5.41) is 34.5. The standard InChI is InChI=1S/C28H26ClF3N2O6S/c29-20-5-1-14(27(37)34-18-4-6-21(31)22(32)13-18)9-24(20)41(39,40)19-10-15-2-3-16(11-19)28(15,38)26(36)25(35)23-12-17(30)7-8-33-23/h1,4-9,12-13,15-16,19,25-26,35-36,38H,2-3,10-11H2,(H,34,37). The van der Waals surface area contributed by atoms with Crippen molar-refractivity contribution in [2.24, 2.45) is 11.8 Å². The van der Waals surface area contributed by atoms with Crippen LogP contribution in [0.4, 0.5) is 18.9 Å². The molecule has 2 aromatic carbocycles. The minimum atomic E-state index is -4.15. The smallest absolute Gasteiger partial charge is 0.255 e. The summed E-state index contributed by atoms with van der Waals surface area (Å²) in [5.74, 6) is -5.13. The van der Waals surface area contributed by atoms with Crippen LogP contribution in [0.5, 0.6) is 0 Å². The van der Waals surface area contributed by atoms with Crippen LogP contribution in [0, 0.1) is 29.3 Å². The summed E-state index contributed by atoms with van der Waals surface area (Å²) in [4.78, 5) is 16.3. The molecule has 2 bridgehead atoms. The van der Waals surface area contributed by atoms with Crippen molar-refractivity contribution < 1.29 is 41.7 Å². The summed E-state index contributed by atoms with van der Waals surface area (Å²) < 4.78 is 68.0. The predicted octanol–water partition coefficient (Wildman–Crippen LogP) is 4.19. The second-order valence-electron chi connectivity index (χ2n) is 10.5. The molecule has 2 aliphatic carbocycles. The van der Waals surface area contributed by atoms with Gasteiger partial charge in [0.1, 0.15) is 18.0 Å². The molecule has 2 fully saturated rings. The van der Waals surface area contributed by atoms with E-state index in [9.17, 15) is 41.7 Å². The van der Waals surface area contributed by atoms with Gasteiger partial charge in [-0.1, -0.05) is 11.6 Å². The number of amides is 1. The van der Waals surface area contributed by atoms with Gasteiger partial charge in [0.2, 0.25) is 0 Å². The highest BCUT2D eigenvalue weighted by Crippen LogP contribution is 2.55. The Morgan fingerprint density at radius 2 is 1.68 bits per heavy atom. The van der Waals surface area contributed by atoms with Crippen LogP contribution in [0.2, 0.25) is 5.02 Å². The maximum Gasteiger partial charge on any atom is 0.255 e. The number of hydrogen-bond donors (Lipinski definition) is 4. The highest BCUT2D eigenvalue weighted by atomic mass is 35.5. The Balaban J connectivity index is 1.37. The molecule has 4 unspecified atom stereocenters. The third-order valence-corrected chi connectivity index (χ3v) is 10.9. The van der Waals surface area contributed by atoms with Crippen LogP contribution < -0.4 is 5.32 Å². The zero-order valence-electron chi connectivity index (χ0n) is 21.3. The Labute approximate surface area is 238 Å². The van der Waals surface area contributed by atoms with Gasteiger partial charge < -0.3 is 20.6 Å². The van der Waals surface area contributed by atoms with Crippen LogP contribution in [-0.4, -0.2) is 51.6 Å². The van der Waals surface area contributed by atoms with Crippen molar-refractivity contribution in [3.63, 3.8) is 0 Å². The fourth-order valence-electron chi connectivity index (χ4n) is 6.10. The second kappa shape index (κ2) is 11.0. The third kappa shape index (κ3) is 5.35. The summed E-state index contributed by atoms with van der Waals surface area (Å²) in [6.07, 6.45) is -1.67. The van der Waals surface area contributed by atoms with Crippen LogP contribution in [0.15, 0.2) is 59.6 Å². The van der Waals surface area contributed by atoms with E-state index < -0.39 is 68.1 Å². The number of aliphatic hydroxyl groups excluding tert-OH is 2. The van der Waals surface area contributed by atoms with E-state index >= 15 is 0 Å². The van der Waals surface area contributed by atoms with E-state index in [1.807, 2.05) is 0 Å². The third-order valence-electron chi connectivity index (χ3n) is 8.20. The van der Waals surface area contributed by atoms with Crippen LogP contribution in [-0.2, 0) is 9.84 Å². The molecule has 0 saturated heterocycles. The summed E-state index contributed by atoms with van der Waals surface area (Å²) in [6, 6.07) is 8.44. The van der Waals surface area contributed by atoms with Gasteiger partial charge in [-0.25, -0.2) is 21.6 Å². The summed E-state index contributed by atoms with van der Waals surface area (Å²) >= 11 is 6.26. The first-order chi connectivity index (χ1) is 19.3. The maximum atomic E-state index is 13.8. The van der Waals surface area contributed by atoms with Crippen molar-refractivity contribution in [1.29, 1.82) is 0 Å². The highest BCUT2D eigenvalue weighted by Gasteiger charge is 2.60. The Morgan fingerprint density at radius 3 is 2.32 bits per heavy atom. The van der Waals surface area contributed by atoms with Gasteiger partial charge in [-0.05, 0) is 80.0 Å². The highest BCUT2D eigenvalue weighted by molar-refractivity contribution is 7.92. The number of hydrogen-bond acceptors (Lipinski definition) is 7. The SMILES string of the molecule is O=C(Nc1ccc(F)c(F)c1)c1ccc(Cl)c(S(=O)(=O)C2CC3CCC(C2)C3(O)C(O)C(O)c2cc(F)ccn2)c1. The lowest BCUT2D eigenvalue weighted by atomic mass is 9.69. The molecular formula is C28H26ClF3N2O6S. The van der Waals surface area contributed by atoms with Crippen molar-refractivity contribution in [3.8, 4) is 0 Å². The number of benzene rings is 2. The largest absolute Gasteiger partial charge is 0.387 e. The van der Waals surface area contributed by atoms with E-state index in [0.29, 0.717) is 12.8 Å². The predicted molar refractivity (Wildman–Crippen MR) is 142 cm³/mol. The number of rotatable bonds is 7. The van der Waals surface area contributed by atoms with E-state index in [1.165, 1.54) is 12.1 Å². The number of aliphatic hydroxyl groups is 3. The Hall–Kier alpha value is -3.03. The lowest BCUT2D eigenvalue weighted by Crippen LogP contribution is -2.57. The second-order valence-corrected chi connectivity index (χ2v) is 13.1. The number of carbonyl (C=O) groups is 1. The molecule has 1 amide bonds. The van der Waals surface area contributed by atoms with Gasteiger partial charge in [-0.2, -0.15) is 0 Å². The van der Waals surface area contributed by atoms with Crippen molar-refractivity contribution in [2.45, 2.75) is 53.6 Å². The molecule has 3 aromatic rings. The average Bonchev–Trinajstić information content (AvgIpc) is 3.10. The average molecular weight is 611 g/mol. The van der Waals surface area contributed by atoms with E-state index in [4.69, 9.17) is 11.6 Å². The normalized spacial score (nSPS) is 25.5. The van der Waals surface area contributed by atoms with Gasteiger partial charge in [0.25, 0.3) is 5.91 Å². The molecule has 0 radical (unpaired) electrons. The number of sulfone groups is 1. The maximum absolute atomic E-state index is 13.8. The van der Waals surface area contributed by atoms with Crippen LogP contribution in [0.3, 0.4) is 0 Å². The monoisotopic (exact) mass is 610 g/mol. The van der Waals surface area contributed by atoms with Gasteiger partial charge in [0.15, 0.2) is 21.5 Å². The number of carbonyl (C=O) groups excluding carboxylic acids is 1. The van der Waals surface area contributed by atoms with Crippen LogP contribution in [0.25, 0.3) is 0 Å². The first-order valence-corrected chi connectivity index (χ1v) is 14.7. The van der Waals surface area contributed by atoms with E-state index in [2.05, 4.69) is 10.3 Å². The molecular weight excluding hydrogens is 585 g/mol. The fraction of sp³-hybridized carbons (Fsp3) is 0.357. The number of anilines is 1. The minimum absolute atomic E-state index is 0.0365. The minimum Gasteiger partial charge on any atom is -0.387 e. The van der Waals surface area contributed by atoms with Crippen molar-refractivity contribution >= 4 is 33.0 Å². The Bertz CT molecular complexity index is 1590. The molecule has 1 aromatic heterocycles. The number of nitrogens with zero attached hydrogens (tertiary/aromatic N) is 1. The molecule has 2 saturated carbocycles. The molecule has 0 aliphatic heterocycles. The first-order valence-electron chi connectivity index (χ1n) is 12.8. The molecule has 4 N–H and O–H groups in total. The Morgan fingerprint density at radius 1 is 1.00 bits per heavy atom. The molecule has 2 aliphatic rings. The topological polar surface area (TPSA) is 137 Å². The number of nitrogens with one attached hydrogen (secondary N) is 1. The zero-order chi connectivity index (χ0) is 29.7. The quantitative estimate of drug-likeness (QED) is 0.315. The van der Waals surface area contributed by atoms with Gasteiger partial charge in [-0.15, -0.1) is 0 Å². The first kappa shape index (κ1) is 29.5. The molecule has 13 heteroatoms. The van der Waals surface area contributed by atoms with Crippen molar-refractivity contribution in [1.82, 2.24) is 4.98 Å². The molecule has 1 heterocycles. The van der Waals surface area contributed by atoms with Gasteiger partial charge in [0, 0.05) is 23.5 Å². The number of halogens is 4. The molecule has 0 spiro atoms. The van der Waals surface area contributed by atoms with Gasteiger partial charge >= 0.3 is 0 Å². The van der Waals surface area contributed by atoms with Crippen molar-refractivity contribution in [2.75, 3.05) is 5.32 Å². The lowest BCUT2D eigenvalue weighted by molar-refractivity contribution is -0.178. The summed E-state index contributed by atoms with van der Waals surface area (Å²) in [6.45, 7) is 0. The Kier molecular flexibility index (Phi) is 7.90. The van der Waals surface area contributed by atoms with Crippen LogP contribution >= 0.6 is 11.6 Å². The fourth-order valence-corrected chi connectivity index (χ4v) is 8.50. The number of aromatic nitrogens is 1. The molecule has 5 rings (SSSR count). The van der Waals surface area contributed by atoms with Gasteiger partial charge in [0.05, 0.1) is 26.5 Å². The summed E-state index contributed by atoms with van der Waals surface area (Å²) in [5.41, 5.74) is -2.12. The molecule has 41 heavy (non-hydrogen) atoms. The lowest BCUT2D eigenvalue weighted by Gasteiger charge is -2.46. The van der Waals surface area contributed by atoms with Gasteiger partial charge in [-0.3, -0.25) is 9.78 Å². The van der Waals surface area contributed by atoms with Crippen LogP contribution in [0.1, 0.15) is 47.8 Å².